The van der Waals surface area contributed by atoms with Gasteiger partial charge in [-0.05, 0) is 38.0 Å². The van der Waals surface area contributed by atoms with E-state index in [2.05, 4.69) is 6.92 Å². The highest BCUT2D eigenvalue weighted by Gasteiger charge is 2.52. The van der Waals surface area contributed by atoms with Crippen molar-refractivity contribution in [1.29, 1.82) is 0 Å². The van der Waals surface area contributed by atoms with E-state index in [9.17, 15) is 4.79 Å². The van der Waals surface area contributed by atoms with Crippen molar-refractivity contribution in [3.63, 3.8) is 0 Å². The summed E-state index contributed by atoms with van der Waals surface area (Å²) in [5.41, 5.74) is 0. The zero-order valence-corrected chi connectivity index (χ0v) is 17.2. The van der Waals surface area contributed by atoms with Gasteiger partial charge in [0.05, 0.1) is 25.7 Å². The fourth-order valence-electron chi connectivity index (χ4n) is 5.47. The minimum absolute atomic E-state index is 0.00699. The molecular formula is C22H36O6. The largest absolute Gasteiger partial charge is 0.462 e. The number of rotatable bonds is 9. The van der Waals surface area contributed by atoms with Crippen LogP contribution < -0.4 is 0 Å². The number of ether oxygens (including phenoxy) is 5. The van der Waals surface area contributed by atoms with E-state index in [1.165, 1.54) is 12.8 Å². The lowest BCUT2D eigenvalue weighted by atomic mass is 9.86. The van der Waals surface area contributed by atoms with Crippen LogP contribution in [0.25, 0.3) is 0 Å². The van der Waals surface area contributed by atoms with E-state index < -0.39 is 5.79 Å². The van der Waals surface area contributed by atoms with E-state index in [1.54, 1.807) is 0 Å². The SMILES string of the molecule is CCCCCC1(CC[C@@H]2[C@H]3CC(=O)O[C@H]3C[C@H]2OC2CCCCO2)OCCO1. The van der Waals surface area contributed by atoms with Gasteiger partial charge in [0, 0.05) is 31.8 Å². The van der Waals surface area contributed by atoms with Crippen molar-refractivity contribution >= 4 is 5.97 Å². The molecule has 0 bridgehead atoms. The topological polar surface area (TPSA) is 63.2 Å². The highest BCUT2D eigenvalue weighted by atomic mass is 16.7. The number of carbonyl (C=O) groups excluding carboxylic acids is 1. The van der Waals surface area contributed by atoms with Gasteiger partial charge >= 0.3 is 5.97 Å². The summed E-state index contributed by atoms with van der Waals surface area (Å²) in [5, 5.41) is 0. The molecule has 0 aromatic carbocycles. The van der Waals surface area contributed by atoms with Crippen LogP contribution in [0.15, 0.2) is 0 Å². The summed E-state index contributed by atoms with van der Waals surface area (Å²) in [6.45, 7) is 4.36. The number of carbonyl (C=O) groups is 1. The standard InChI is InChI=1S/C22H36O6/c1-2-3-5-9-22(25-12-13-26-22)10-8-16-17-14-20(23)27-19(17)15-18(16)28-21-7-4-6-11-24-21/h16-19,21H,2-15H2,1H3/t16-,17-,18-,19+,21?/m1/s1. The van der Waals surface area contributed by atoms with Crippen LogP contribution in [0, 0.1) is 11.8 Å². The number of hydrogen-bond donors (Lipinski definition) is 0. The Morgan fingerprint density at radius 2 is 1.96 bits per heavy atom. The van der Waals surface area contributed by atoms with Gasteiger partial charge in [-0.3, -0.25) is 4.79 Å². The molecule has 0 N–H and O–H groups in total. The first-order chi connectivity index (χ1) is 13.7. The van der Waals surface area contributed by atoms with Crippen molar-refractivity contribution in [3.05, 3.63) is 0 Å². The van der Waals surface area contributed by atoms with Crippen LogP contribution in [0.3, 0.4) is 0 Å². The third-order valence-electron chi connectivity index (χ3n) is 6.95. The lowest BCUT2D eigenvalue weighted by Gasteiger charge is -2.33. The molecule has 5 atom stereocenters. The molecule has 0 spiro atoms. The molecule has 0 aromatic rings. The van der Waals surface area contributed by atoms with Crippen molar-refractivity contribution < 1.29 is 28.5 Å². The van der Waals surface area contributed by atoms with Gasteiger partial charge in [-0.15, -0.1) is 0 Å². The molecular weight excluding hydrogens is 360 g/mol. The van der Waals surface area contributed by atoms with Crippen LogP contribution in [0.5, 0.6) is 0 Å². The lowest BCUT2D eigenvalue weighted by Crippen LogP contribution is -2.35. The van der Waals surface area contributed by atoms with Gasteiger partial charge in [0.15, 0.2) is 12.1 Å². The Hall–Kier alpha value is -0.690. The third-order valence-corrected chi connectivity index (χ3v) is 6.95. The minimum Gasteiger partial charge on any atom is -0.462 e. The third kappa shape index (κ3) is 4.72. The van der Waals surface area contributed by atoms with Crippen molar-refractivity contribution in [3.8, 4) is 0 Å². The smallest absolute Gasteiger partial charge is 0.306 e. The molecule has 1 unspecified atom stereocenters. The molecule has 6 nitrogen and oxygen atoms in total. The molecule has 4 rings (SSSR count). The fourth-order valence-corrected chi connectivity index (χ4v) is 5.47. The van der Waals surface area contributed by atoms with E-state index in [1.807, 2.05) is 0 Å². The first-order valence-corrected chi connectivity index (χ1v) is 11.4. The Balaban J connectivity index is 1.38. The molecule has 3 saturated heterocycles. The second-order valence-corrected chi connectivity index (χ2v) is 8.87. The highest BCUT2D eigenvalue weighted by Crippen LogP contribution is 2.47. The predicted molar refractivity (Wildman–Crippen MR) is 103 cm³/mol. The van der Waals surface area contributed by atoms with Gasteiger partial charge < -0.3 is 23.7 Å². The summed E-state index contributed by atoms with van der Waals surface area (Å²) in [6.07, 6.45) is 10.8. The van der Waals surface area contributed by atoms with Crippen LogP contribution in [-0.2, 0) is 28.5 Å². The lowest BCUT2D eigenvalue weighted by molar-refractivity contribution is -0.202. The van der Waals surface area contributed by atoms with E-state index in [0.717, 1.165) is 58.0 Å². The molecule has 0 amide bonds. The quantitative estimate of drug-likeness (QED) is 0.434. The molecule has 1 saturated carbocycles. The Bertz CT molecular complexity index is 511. The van der Waals surface area contributed by atoms with Crippen LogP contribution in [0.2, 0.25) is 0 Å². The minimum atomic E-state index is -0.442. The molecule has 6 heteroatoms. The number of unbranched alkanes of at least 4 members (excludes halogenated alkanes) is 2. The molecule has 4 fully saturated rings. The highest BCUT2D eigenvalue weighted by molar-refractivity contribution is 5.72. The molecule has 0 radical (unpaired) electrons. The molecule has 3 aliphatic heterocycles. The number of fused-ring (bicyclic) bond motifs is 1. The maximum atomic E-state index is 11.9. The van der Waals surface area contributed by atoms with E-state index in [0.29, 0.717) is 25.6 Å². The number of hydrogen-bond acceptors (Lipinski definition) is 6. The maximum absolute atomic E-state index is 11.9. The van der Waals surface area contributed by atoms with Crippen LogP contribution >= 0.6 is 0 Å². The first-order valence-electron chi connectivity index (χ1n) is 11.4. The Kier molecular flexibility index (Phi) is 6.92. The van der Waals surface area contributed by atoms with Crippen molar-refractivity contribution in [1.82, 2.24) is 0 Å². The Morgan fingerprint density at radius 1 is 1.11 bits per heavy atom. The molecule has 160 valence electrons. The van der Waals surface area contributed by atoms with Gasteiger partial charge in [-0.25, -0.2) is 0 Å². The monoisotopic (exact) mass is 396 g/mol. The van der Waals surface area contributed by atoms with Crippen molar-refractivity contribution in [2.45, 2.75) is 102 Å². The van der Waals surface area contributed by atoms with Crippen LogP contribution in [0.4, 0.5) is 0 Å². The molecule has 28 heavy (non-hydrogen) atoms. The maximum Gasteiger partial charge on any atom is 0.306 e. The van der Waals surface area contributed by atoms with Crippen molar-refractivity contribution in [2.75, 3.05) is 19.8 Å². The van der Waals surface area contributed by atoms with Gasteiger partial charge in [0.1, 0.15) is 6.10 Å². The van der Waals surface area contributed by atoms with E-state index in [4.69, 9.17) is 23.7 Å². The van der Waals surface area contributed by atoms with Gasteiger partial charge in [-0.2, -0.15) is 0 Å². The Labute approximate surface area is 168 Å². The first kappa shape index (κ1) is 20.6. The average molecular weight is 397 g/mol. The second-order valence-electron chi connectivity index (χ2n) is 8.87. The molecule has 3 heterocycles. The Morgan fingerprint density at radius 3 is 2.71 bits per heavy atom. The summed E-state index contributed by atoms with van der Waals surface area (Å²) >= 11 is 0. The molecule has 4 aliphatic rings. The summed E-state index contributed by atoms with van der Waals surface area (Å²) in [6, 6.07) is 0. The average Bonchev–Trinajstić information content (AvgIpc) is 3.37. The van der Waals surface area contributed by atoms with Gasteiger partial charge in [0.2, 0.25) is 0 Å². The zero-order chi connectivity index (χ0) is 19.4. The van der Waals surface area contributed by atoms with Crippen LogP contribution in [0.1, 0.15) is 77.6 Å². The van der Waals surface area contributed by atoms with Crippen LogP contribution in [-0.4, -0.2) is 50.1 Å². The van der Waals surface area contributed by atoms with Gasteiger partial charge in [0.25, 0.3) is 0 Å². The predicted octanol–water partition coefficient (Wildman–Crippen LogP) is 3.95. The summed E-state index contributed by atoms with van der Waals surface area (Å²) in [7, 11) is 0. The van der Waals surface area contributed by atoms with Gasteiger partial charge in [-0.1, -0.05) is 19.8 Å². The summed E-state index contributed by atoms with van der Waals surface area (Å²) in [4.78, 5) is 11.9. The van der Waals surface area contributed by atoms with E-state index >= 15 is 0 Å². The van der Waals surface area contributed by atoms with Crippen molar-refractivity contribution in [2.24, 2.45) is 11.8 Å². The zero-order valence-electron chi connectivity index (χ0n) is 17.2. The second kappa shape index (κ2) is 9.41. The van der Waals surface area contributed by atoms with E-state index in [-0.39, 0.29) is 30.4 Å². The number of esters is 1. The summed E-state index contributed by atoms with van der Waals surface area (Å²) in [5.74, 6) is 0.0641. The molecule has 0 aromatic heterocycles. The normalized spacial score (nSPS) is 37.2. The fraction of sp³-hybridized carbons (Fsp3) is 0.955. The molecule has 1 aliphatic carbocycles. The summed E-state index contributed by atoms with van der Waals surface area (Å²) < 4.78 is 29.9.